The molecular formula is C18H31BNO2+. The van der Waals surface area contributed by atoms with Gasteiger partial charge in [0, 0.05) is 5.56 Å². The van der Waals surface area contributed by atoms with Gasteiger partial charge in [-0.2, -0.15) is 0 Å². The fourth-order valence-corrected chi connectivity index (χ4v) is 2.81. The molecule has 3 nitrogen and oxygen atoms in total. The summed E-state index contributed by atoms with van der Waals surface area (Å²) in [5.74, 6) is 0. The van der Waals surface area contributed by atoms with Crippen molar-refractivity contribution in [3.8, 4) is 0 Å². The first-order valence-electron chi connectivity index (χ1n) is 8.23. The Kier molecular flexibility index (Phi) is 4.51. The van der Waals surface area contributed by atoms with Gasteiger partial charge in [0.05, 0.1) is 32.3 Å². The van der Waals surface area contributed by atoms with Crippen LogP contribution in [0.4, 0.5) is 0 Å². The normalized spacial score (nSPS) is 20.5. The molecule has 1 heterocycles. The maximum atomic E-state index is 6.21. The lowest BCUT2D eigenvalue weighted by atomic mass is 9.75. The smallest absolute Gasteiger partial charge is 0.399 e. The molecule has 4 heteroatoms. The summed E-state index contributed by atoms with van der Waals surface area (Å²) in [4.78, 5) is 0. The molecule has 0 N–H and O–H groups in total. The molecule has 22 heavy (non-hydrogen) atoms. The Labute approximate surface area is 136 Å². The van der Waals surface area contributed by atoms with Gasteiger partial charge in [0.15, 0.2) is 0 Å². The van der Waals surface area contributed by atoms with Gasteiger partial charge in [-0.3, -0.25) is 0 Å². The minimum atomic E-state index is -0.288. The van der Waals surface area contributed by atoms with Crippen molar-refractivity contribution in [3.63, 3.8) is 0 Å². The van der Waals surface area contributed by atoms with Crippen molar-refractivity contribution in [1.82, 2.24) is 0 Å². The largest absolute Gasteiger partial charge is 0.495 e. The molecule has 0 spiro atoms. The predicted octanol–water partition coefficient (Wildman–Crippen LogP) is 2.75. The zero-order valence-electron chi connectivity index (χ0n) is 15.5. The van der Waals surface area contributed by atoms with Gasteiger partial charge in [0.25, 0.3) is 0 Å². The Balaban J connectivity index is 2.30. The van der Waals surface area contributed by atoms with E-state index in [0.29, 0.717) is 0 Å². The summed E-state index contributed by atoms with van der Waals surface area (Å²) in [5.41, 5.74) is 3.29. The first-order valence-corrected chi connectivity index (χ1v) is 8.23. The molecule has 1 saturated heterocycles. The average Bonchev–Trinajstić information content (AvgIpc) is 2.56. The molecule has 0 amide bonds. The Morgan fingerprint density at radius 1 is 1.00 bits per heavy atom. The first-order chi connectivity index (χ1) is 9.95. The summed E-state index contributed by atoms with van der Waals surface area (Å²) in [6, 6.07) is 6.71. The second kappa shape index (κ2) is 5.66. The van der Waals surface area contributed by atoms with Gasteiger partial charge in [0.1, 0.15) is 6.54 Å². The van der Waals surface area contributed by atoms with Crippen LogP contribution < -0.4 is 5.46 Å². The highest BCUT2D eigenvalue weighted by Gasteiger charge is 2.52. The monoisotopic (exact) mass is 304 g/mol. The van der Waals surface area contributed by atoms with E-state index >= 15 is 0 Å². The molecule has 0 aliphatic carbocycles. The number of quaternary nitrogens is 1. The zero-order chi connectivity index (χ0) is 16.8. The lowest BCUT2D eigenvalue weighted by molar-refractivity contribution is -0.884. The summed E-state index contributed by atoms with van der Waals surface area (Å²) in [6.07, 6.45) is 0.990. The highest BCUT2D eigenvalue weighted by Crippen LogP contribution is 2.36. The van der Waals surface area contributed by atoms with E-state index in [1.54, 1.807) is 0 Å². The van der Waals surface area contributed by atoms with Crippen molar-refractivity contribution < 1.29 is 13.8 Å². The van der Waals surface area contributed by atoms with Crippen LogP contribution in [-0.2, 0) is 22.3 Å². The lowest BCUT2D eigenvalue weighted by Crippen LogP contribution is -2.41. The molecular weight excluding hydrogens is 273 g/mol. The molecule has 0 radical (unpaired) electrons. The highest BCUT2D eigenvalue weighted by atomic mass is 16.7. The van der Waals surface area contributed by atoms with E-state index in [1.807, 2.05) is 0 Å². The zero-order valence-corrected chi connectivity index (χ0v) is 15.5. The van der Waals surface area contributed by atoms with Crippen LogP contribution in [0.15, 0.2) is 18.2 Å². The Hall–Kier alpha value is -0.835. The molecule has 1 aliphatic heterocycles. The van der Waals surface area contributed by atoms with E-state index in [0.717, 1.165) is 17.4 Å². The second-order valence-corrected chi connectivity index (χ2v) is 8.42. The van der Waals surface area contributed by atoms with Gasteiger partial charge in [0.2, 0.25) is 0 Å². The van der Waals surface area contributed by atoms with E-state index in [1.165, 1.54) is 16.6 Å². The third-order valence-corrected chi connectivity index (χ3v) is 4.75. The molecule has 0 atom stereocenters. The minimum absolute atomic E-state index is 0.266. The minimum Gasteiger partial charge on any atom is -0.399 e. The van der Waals surface area contributed by atoms with Crippen molar-refractivity contribution in [1.29, 1.82) is 0 Å². The number of rotatable bonds is 4. The highest BCUT2D eigenvalue weighted by molar-refractivity contribution is 6.62. The van der Waals surface area contributed by atoms with E-state index in [2.05, 4.69) is 74.0 Å². The summed E-state index contributed by atoms with van der Waals surface area (Å²) < 4.78 is 13.3. The standard InChI is InChI=1S/C18H31BNO2/c1-9-15-12-14(13-20(6,7)8)10-11-16(15)19-21-17(2,3)18(4,5)22-19/h10-12H,9,13H2,1-8H3/q+1. The third-order valence-electron chi connectivity index (χ3n) is 4.75. The molecule has 122 valence electrons. The SMILES string of the molecule is CCc1cc(C[N+](C)(C)C)ccc1B1OC(C)(C)C(C)(C)O1. The van der Waals surface area contributed by atoms with Crippen LogP contribution in [0.3, 0.4) is 0 Å². The number of hydrogen-bond donors (Lipinski definition) is 0. The molecule has 1 aromatic rings. The van der Waals surface area contributed by atoms with Gasteiger partial charge in [-0.1, -0.05) is 25.1 Å². The van der Waals surface area contributed by atoms with Crippen LogP contribution in [0.5, 0.6) is 0 Å². The molecule has 1 fully saturated rings. The number of hydrogen-bond acceptors (Lipinski definition) is 2. The van der Waals surface area contributed by atoms with Crippen molar-refractivity contribution in [3.05, 3.63) is 29.3 Å². The quantitative estimate of drug-likeness (QED) is 0.629. The van der Waals surface area contributed by atoms with Crippen LogP contribution in [0.1, 0.15) is 45.7 Å². The van der Waals surface area contributed by atoms with Gasteiger partial charge in [-0.25, -0.2) is 0 Å². The molecule has 0 aromatic heterocycles. The van der Waals surface area contributed by atoms with Crippen molar-refractivity contribution in [2.75, 3.05) is 21.1 Å². The van der Waals surface area contributed by atoms with Crippen LogP contribution in [0.2, 0.25) is 0 Å². The number of nitrogens with zero attached hydrogens (tertiary/aromatic N) is 1. The summed E-state index contributed by atoms with van der Waals surface area (Å²) in [7, 11) is 6.38. The number of benzene rings is 1. The summed E-state index contributed by atoms with van der Waals surface area (Å²) in [6.45, 7) is 11.6. The molecule has 0 saturated carbocycles. The van der Waals surface area contributed by atoms with Crippen LogP contribution in [0, 0.1) is 0 Å². The summed E-state index contributed by atoms with van der Waals surface area (Å²) in [5, 5.41) is 0. The van der Waals surface area contributed by atoms with Crippen molar-refractivity contribution in [2.45, 2.75) is 58.8 Å². The molecule has 2 rings (SSSR count). The van der Waals surface area contributed by atoms with Crippen molar-refractivity contribution >= 4 is 12.6 Å². The summed E-state index contributed by atoms with van der Waals surface area (Å²) >= 11 is 0. The van der Waals surface area contributed by atoms with E-state index in [4.69, 9.17) is 9.31 Å². The van der Waals surface area contributed by atoms with Crippen LogP contribution in [0.25, 0.3) is 0 Å². The van der Waals surface area contributed by atoms with Gasteiger partial charge in [-0.15, -0.1) is 0 Å². The topological polar surface area (TPSA) is 18.5 Å². The Morgan fingerprint density at radius 3 is 2.00 bits per heavy atom. The van der Waals surface area contributed by atoms with Crippen LogP contribution in [-0.4, -0.2) is 43.9 Å². The fraction of sp³-hybridized carbons (Fsp3) is 0.667. The van der Waals surface area contributed by atoms with Gasteiger partial charge < -0.3 is 13.8 Å². The first kappa shape index (κ1) is 17.5. The maximum Gasteiger partial charge on any atom is 0.495 e. The Bertz CT molecular complexity index is 531. The van der Waals surface area contributed by atoms with Crippen molar-refractivity contribution in [2.24, 2.45) is 0 Å². The van der Waals surface area contributed by atoms with E-state index < -0.39 is 0 Å². The van der Waals surface area contributed by atoms with Crippen LogP contribution >= 0.6 is 0 Å². The maximum absolute atomic E-state index is 6.21. The average molecular weight is 304 g/mol. The number of aryl methyl sites for hydroxylation is 1. The molecule has 1 aromatic carbocycles. The van der Waals surface area contributed by atoms with Gasteiger partial charge in [-0.05, 0) is 45.1 Å². The van der Waals surface area contributed by atoms with E-state index in [-0.39, 0.29) is 18.3 Å². The van der Waals surface area contributed by atoms with Gasteiger partial charge >= 0.3 is 7.12 Å². The Morgan fingerprint density at radius 2 is 1.55 bits per heavy atom. The second-order valence-electron chi connectivity index (χ2n) is 8.42. The van der Waals surface area contributed by atoms with E-state index in [9.17, 15) is 0 Å². The predicted molar refractivity (Wildman–Crippen MR) is 93.3 cm³/mol. The lowest BCUT2D eigenvalue weighted by Gasteiger charge is -2.32. The fourth-order valence-electron chi connectivity index (χ4n) is 2.81. The third kappa shape index (κ3) is 3.56. The molecule has 0 bridgehead atoms. The molecule has 1 aliphatic rings. The molecule has 0 unspecified atom stereocenters.